The highest BCUT2D eigenvalue weighted by Gasteiger charge is 2.18. The van der Waals surface area contributed by atoms with E-state index >= 15 is 0 Å². The van der Waals surface area contributed by atoms with Gasteiger partial charge in [-0.1, -0.05) is 0 Å². The minimum absolute atomic E-state index is 0.881. The van der Waals surface area contributed by atoms with Crippen LogP contribution in [0.3, 0.4) is 0 Å². The normalized spacial score (nSPS) is 31.8. The fourth-order valence-corrected chi connectivity index (χ4v) is 2.23. The largest absolute Gasteiger partial charge is 0.379 e. The minimum atomic E-state index is 0.881. The van der Waals surface area contributed by atoms with Gasteiger partial charge in [0.25, 0.3) is 0 Å². The molecule has 2 aliphatic rings. The van der Waals surface area contributed by atoms with Crippen molar-refractivity contribution in [3.63, 3.8) is 0 Å². The van der Waals surface area contributed by atoms with Crippen LogP contribution in [0.2, 0.25) is 0 Å². The molecule has 0 aromatic rings. The maximum absolute atomic E-state index is 5.33. The lowest BCUT2D eigenvalue weighted by Gasteiger charge is -2.32. The Kier molecular flexibility index (Phi) is 3.58. The first kappa shape index (κ1) is 9.44. The van der Waals surface area contributed by atoms with Crippen LogP contribution in [0, 0.1) is 5.92 Å². The molecule has 13 heavy (non-hydrogen) atoms. The van der Waals surface area contributed by atoms with Crippen molar-refractivity contribution in [1.29, 1.82) is 0 Å². The Bertz CT molecular complexity index is 124. The van der Waals surface area contributed by atoms with Crippen molar-refractivity contribution in [2.75, 3.05) is 45.9 Å². The zero-order valence-electron chi connectivity index (χ0n) is 8.30. The molecule has 3 heteroatoms. The Hall–Kier alpha value is -0.120. The highest BCUT2D eigenvalue weighted by molar-refractivity contribution is 4.73. The Morgan fingerprint density at radius 3 is 2.85 bits per heavy atom. The van der Waals surface area contributed by atoms with Gasteiger partial charge in [-0.15, -0.1) is 0 Å². The molecule has 0 aromatic carbocycles. The lowest BCUT2D eigenvalue weighted by atomic mass is 9.99. The quantitative estimate of drug-likeness (QED) is 0.669. The Balaban J connectivity index is 1.69. The summed E-state index contributed by atoms with van der Waals surface area (Å²) in [5.41, 5.74) is 0. The van der Waals surface area contributed by atoms with Gasteiger partial charge in [0.1, 0.15) is 0 Å². The van der Waals surface area contributed by atoms with Gasteiger partial charge in [0.15, 0.2) is 0 Å². The lowest BCUT2D eigenvalue weighted by molar-refractivity contribution is 0.0289. The van der Waals surface area contributed by atoms with Gasteiger partial charge in [-0.2, -0.15) is 0 Å². The Morgan fingerprint density at radius 2 is 2.15 bits per heavy atom. The van der Waals surface area contributed by atoms with E-state index in [1.165, 1.54) is 32.5 Å². The van der Waals surface area contributed by atoms with Gasteiger partial charge in [-0.05, 0) is 31.8 Å². The molecule has 2 rings (SSSR count). The van der Waals surface area contributed by atoms with Crippen molar-refractivity contribution in [2.24, 2.45) is 5.92 Å². The molecule has 0 aromatic heterocycles. The lowest BCUT2D eigenvalue weighted by Crippen LogP contribution is -2.43. The van der Waals surface area contributed by atoms with Crippen LogP contribution in [0.1, 0.15) is 12.8 Å². The van der Waals surface area contributed by atoms with Crippen LogP contribution in [0.5, 0.6) is 0 Å². The smallest absolute Gasteiger partial charge is 0.0594 e. The summed E-state index contributed by atoms with van der Waals surface area (Å²) in [6.45, 7) is 7.85. The number of morpholine rings is 1. The standard InChI is InChI=1S/C10H20N2O/c1-2-10(8-11-3-1)9-12-4-6-13-7-5-12/h10-11H,1-9H2/t10-/m1/s1. The first-order chi connectivity index (χ1) is 6.45. The van der Waals surface area contributed by atoms with Gasteiger partial charge in [0.05, 0.1) is 13.2 Å². The SMILES string of the molecule is C1CNC[C@H](CN2CCOCC2)C1. The van der Waals surface area contributed by atoms with Crippen LogP contribution in [-0.4, -0.2) is 50.8 Å². The summed E-state index contributed by atoms with van der Waals surface area (Å²) >= 11 is 0. The molecule has 0 amide bonds. The van der Waals surface area contributed by atoms with E-state index in [0.29, 0.717) is 0 Å². The van der Waals surface area contributed by atoms with Crippen LogP contribution in [-0.2, 0) is 4.74 Å². The molecule has 76 valence electrons. The molecule has 2 aliphatic heterocycles. The highest BCUT2D eigenvalue weighted by atomic mass is 16.5. The van der Waals surface area contributed by atoms with E-state index in [1.807, 2.05) is 0 Å². The van der Waals surface area contributed by atoms with Crippen molar-refractivity contribution in [1.82, 2.24) is 10.2 Å². The van der Waals surface area contributed by atoms with Crippen molar-refractivity contribution < 1.29 is 4.74 Å². The first-order valence-corrected chi connectivity index (χ1v) is 5.46. The van der Waals surface area contributed by atoms with Crippen molar-refractivity contribution >= 4 is 0 Å². The van der Waals surface area contributed by atoms with E-state index in [9.17, 15) is 0 Å². The maximum Gasteiger partial charge on any atom is 0.0594 e. The second-order valence-corrected chi connectivity index (χ2v) is 4.13. The molecule has 2 heterocycles. The fourth-order valence-electron chi connectivity index (χ4n) is 2.23. The van der Waals surface area contributed by atoms with Gasteiger partial charge in [-0.25, -0.2) is 0 Å². The molecular formula is C10H20N2O. The van der Waals surface area contributed by atoms with Crippen LogP contribution < -0.4 is 5.32 Å². The third kappa shape index (κ3) is 2.93. The topological polar surface area (TPSA) is 24.5 Å². The maximum atomic E-state index is 5.33. The van der Waals surface area contributed by atoms with Gasteiger partial charge in [-0.3, -0.25) is 4.90 Å². The average molecular weight is 184 g/mol. The summed E-state index contributed by atoms with van der Waals surface area (Å²) in [7, 11) is 0. The average Bonchev–Trinajstić information content (AvgIpc) is 2.21. The summed E-state index contributed by atoms with van der Waals surface area (Å²) in [4.78, 5) is 2.54. The fraction of sp³-hybridized carbons (Fsp3) is 1.00. The second-order valence-electron chi connectivity index (χ2n) is 4.13. The Morgan fingerprint density at radius 1 is 1.31 bits per heavy atom. The third-order valence-electron chi connectivity index (χ3n) is 3.02. The van der Waals surface area contributed by atoms with E-state index in [4.69, 9.17) is 4.74 Å². The molecule has 1 N–H and O–H groups in total. The van der Waals surface area contributed by atoms with Crippen LogP contribution in [0.25, 0.3) is 0 Å². The molecule has 0 bridgehead atoms. The number of hydrogen-bond donors (Lipinski definition) is 1. The number of piperidine rings is 1. The predicted octanol–water partition coefficient (Wildman–Crippen LogP) is 0.318. The summed E-state index contributed by atoms with van der Waals surface area (Å²) in [5, 5.41) is 3.47. The van der Waals surface area contributed by atoms with Crippen molar-refractivity contribution in [3.05, 3.63) is 0 Å². The zero-order valence-corrected chi connectivity index (χ0v) is 8.30. The summed E-state index contributed by atoms with van der Waals surface area (Å²) < 4.78 is 5.33. The zero-order chi connectivity index (χ0) is 8.93. The summed E-state index contributed by atoms with van der Waals surface area (Å²) in [6.07, 6.45) is 2.76. The minimum Gasteiger partial charge on any atom is -0.379 e. The molecule has 0 unspecified atom stereocenters. The number of nitrogens with zero attached hydrogens (tertiary/aromatic N) is 1. The molecule has 3 nitrogen and oxygen atoms in total. The van der Waals surface area contributed by atoms with E-state index in [1.54, 1.807) is 0 Å². The van der Waals surface area contributed by atoms with Gasteiger partial charge >= 0.3 is 0 Å². The van der Waals surface area contributed by atoms with E-state index in [-0.39, 0.29) is 0 Å². The van der Waals surface area contributed by atoms with E-state index in [0.717, 1.165) is 32.2 Å². The van der Waals surface area contributed by atoms with E-state index < -0.39 is 0 Å². The summed E-state index contributed by atoms with van der Waals surface area (Å²) in [6, 6.07) is 0. The third-order valence-corrected chi connectivity index (χ3v) is 3.02. The number of nitrogens with one attached hydrogen (secondary N) is 1. The van der Waals surface area contributed by atoms with Crippen LogP contribution in [0.4, 0.5) is 0 Å². The van der Waals surface area contributed by atoms with Gasteiger partial charge < -0.3 is 10.1 Å². The predicted molar refractivity (Wildman–Crippen MR) is 52.9 cm³/mol. The van der Waals surface area contributed by atoms with Gasteiger partial charge in [0, 0.05) is 19.6 Å². The monoisotopic (exact) mass is 184 g/mol. The van der Waals surface area contributed by atoms with Crippen LogP contribution in [0.15, 0.2) is 0 Å². The Labute approximate surface area is 80.4 Å². The first-order valence-electron chi connectivity index (χ1n) is 5.46. The molecule has 1 atom stereocenters. The molecule has 2 fully saturated rings. The second kappa shape index (κ2) is 4.94. The molecule has 0 saturated carbocycles. The van der Waals surface area contributed by atoms with Gasteiger partial charge in [0.2, 0.25) is 0 Å². The number of rotatable bonds is 2. The van der Waals surface area contributed by atoms with E-state index in [2.05, 4.69) is 10.2 Å². The highest BCUT2D eigenvalue weighted by Crippen LogP contribution is 2.12. The molecular weight excluding hydrogens is 164 g/mol. The van der Waals surface area contributed by atoms with Crippen molar-refractivity contribution in [3.8, 4) is 0 Å². The number of hydrogen-bond acceptors (Lipinski definition) is 3. The van der Waals surface area contributed by atoms with Crippen molar-refractivity contribution in [2.45, 2.75) is 12.8 Å². The molecule has 2 saturated heterocycles. The number of ether oxygens (including phenoxy) is 1. The van der Waals surface area contributed by atoms with Crippen LogP contribution >= 0.6 is 0 Å². The molecule has 0 radical (unpaired) electrons. The molecule has 0 aliphatic carbocycles. The molecule has 0 spiro atoms. The summed E-state index contributed by atoms with van der Waals surface area (Å²) in [5.74, 6) is 0.881.